The first kappa shape index (κ1) is 40.9. The van der Waals surface area contributed by atoms with Crippen molar-refractivity contribution in [3.63, 3.8) is 0 Å². The summed E-state index contributed by atoms with van der Waals surface area (Å²) in [4.78, 5) is 27.8. The number of likely N-dealkylation sites (tertiary alicyclic amines) is 1. The van der Waals surface area contributed by atoms with Gasteiger partial charge in [-0.05, 0) is 57.9 Å². The minimum absolute atomic E-state index is 0.00496. The Bertz CT molecular complexity index is 2070. The first-order valence-electron chi connectivity index (χ1n) is 19.7. The molecule has 0 aromatic heterocycles. The fourth-order valence-corrected chi connectivity index (χ4v) is 7.90. The zero-order valence-corrected chi connectivity index (χ0v) is 32.4. The fourth-order valence-electron chi connectivity index (χ4n) is 7.90. The number of aliphatic hydroxyl groups is 1. The van der Waals surface area contributed by atoms with Gasteiger partial charge < -0.3 is 24.8 Å². The maximum atomic E-state index is 13.1. The Balaban J connectivity index is 1.08. The number of hydrogen-bond acceptors (Lipinski definition) is 6. The van der Waals surface area contributed by atoms with E-state index in [4.69, 9.17) is 9.47 Å². The lowest BCUT2D eigenvalue weighted by atomic mass is 9.89. The molecule has 8 nitrogen and oxygen atoms in total. The number of ether oxygens (including phenoxy) is 2. The minimum Gasteiger partial charge on any atom is -0.392 e. The molecule has 302 valence electrons. The number of nitrogens with zero attached hydrogens (tertiary/aromatic N) is 2. The second-order valence-electron chi connectivity index (χ2n) is 15.2. The number of alkyl halides is 3. The van der Waals surface area contributed by atoms with Crippen LogP contribution in [0.5, 0.6) is 0 Å². The fraction of sp³-hybridized carbons (Fsp3) is 0.319. The van der Waals surface area contributed by atoms with E-state index in [0.717, 1.165) is 46.5 Å². The van der Waals surface area contributed by atoms with Gasteiger partial charge >= 0.3 is 12.1 Å². The SMILES string of the molecule is C[C@@H]1[C@H](CN(Cc2ccccc2)Cc2ccccc2)O[C@H](c2ccc(-c3cccc(CNC(=O)[C@@H]4CCCN4C(=O)C(F)(F)F)c3)cc2)O[C@@H]1c1ccc(CO)cc1. The lowest BCUT2D eigenvalue weighted by molar-refractivity contribution is -0.276. The van der Waals surface area contributed by atoms with E-state index in [1.807, 2.05) is 84.9 Å². The predicted octanol–water partition coefficient (Wildman–Crippen LogP) is 8.51. The van der Waals surface area contributed by atoms with Crippen molar-refractivity contribution < 1.29 is 37.3 Å². The van der Waals surface area contributed by atoms with Gasteiger partial charge in [-0.25, -0.2) is 0 Å². The number of hydrogen-bond donors (Lipinski definition) is 2. The summed E-state index contributed by atoms with van der Waals surface area (Å²) in [6, 6.07) is 43.1. The summed E-state index contributed by atoms with van der Waals surface area (Å²) in [6.07, 6.45) is -5.63. The zero-order chi connectivity index (χ0) is 40.6. The van der Waals surface area contributed by atoms with E-state index in [1.165, 1.54) is 11.1 Å². The molecule has 2 aliphatic heterocycles. The van der Waals surface area contributed by atoms with E-state index in [-0.39, 0.29) is 44.2 Å². The summed E-state index contributed by atoms with van der Waals surface area (Å²) in [5.74, 6) is -2.59. The lowest BCUT2D eigenvalue weighted by Gasteiger charge is -2.43. The average Bonchev–Trinajstić information content (AvgIpc) is 3.74. The Morgan fingerprint density at radius 1 is 0.759 bits per heavy atom. The number of carbonyl (C=O) groups excluding carboxylic acids is 2. The quantitative estimate of drug-likeness (QED) is 0.124. The number of aliphatic hydroxyl groups excluding tert-OH is 1. The van der Waals surface area contributed by atoms with Crippen molar-refractivity contribution in [1.82, 2.24) is 15.1 Å². The van der Waals surface area contributed by atoms with Gasteiger partial charge in [0.1, 0.15) is 6.04 Å². The van der Waals surface area contributed by atoms with Crippen LogP contribution in [0.3, 0.4) is 0 Å². The number of amides is 2. The number of rotatable bonds is 13. The van der Waals surface area contributed by atoms with Crippen LogP contribution in [-0.4, -0.2) is 58.1 Å². The molecule has 2 fully saturated rings. The highest BCUT2D eigenvalue weighted by molar-refractivity contribution is 5.90. The summed E-state index contributed by atoms with van der Waals surface area (Å²) in [5.41, 5.74) is 7.70. The Morgan fingerprint density at radius 3 is 2.00 bits per heavy atom. The van der Waals surface area contributed by atoms with Crippen LogP contribution in [0.2, 0.25) is 0 Å². The van der Waals surface area contributed by atoms with Crippen LogP contribution in [0.4, 0.5) is 13.2 Å². The normalized spacial score (nSPS) is 20.9. The molecule has 5 aromatic rings. The van der Waals surface area contributed by atoms with Crippen molar-refractivity contribution >= 4 is 11.8 Å². The van der Waals surface area contributed by atoms with Crippen LogP contribution in [-0.2, 0) is 45.3 Å². The van der Waals surface area contributed by atoms with Gasteiger partial charge in [0.2, 0.25) is 5.91 Å². The van der Waals surface area contributed by atoms with Gasteiger partial charge in [-0.3, -0.25) is 14.5 Å². The summed E-state index contributed by atoms with van der Waals surface area (Å²) in [6.45, 7) is 4.28. The molecule has 0 radical (unpaired) electrons. The molecule has 2 saturated heterocycles. The van der Waals surface area contributed by atoms with Crippen molar-refractivity contribution in [1.29, 1.82) is 0 Å². The average molecular weight is 792 g/mol. The third kappa shape index (κ3) is 10.0. The molecule has 0 aliphatic carbocycles. The van der Waals surface area contributed by atoms with E-state index < -0.39 is 30.3 Å². The van der Waals surface area contributed by atoms with Gasteiger partial charge in [0, 0.05) is 44.2 Å². The number of carbonyl (C=O) groups is 2. The van der Waals surface area contributed by atoms with E-state index in [2.05, 4.69) is 65.7 Å². The third-order valence-corrected chi connectivity index (χ3v) is 11.0. The van der Waals surface area contributed by atoms with Crippen molar-refractivity contribution in [3.8, 4) is 11.1 Å². The molecule has 5 aromatic carbocycles. The van der Waals surface area contributed by atoms with Crippen LogP contribution < -0.4 is 5.32 Å². The Hall–Kier alpha value is -5.33. The molecule has 0 spiro atoms. The van der Waals surface area contributed by atoms with Crippen molar-refractivity contribution in [2.24, 2.45) is 5.92 Å². The molecule has 11 heteroatoms. The van der Waals surface area contributed by atoms with Crippen LogP contribution >= 0.6 is 0 Å². The van der Waals surface area contributed by atoms with Crippen molar-refractivity contribution in [2.45, 2.75) is 76.7 Å². The maximum absolute atomic E-state index is 13.1. The molecule has 0 saturated carbocycles. The van der Waals surface area contributed by atoms with Crippen molar-refractivity contribution in [2.75, 3.05) is 13.1 Å². The second kappa shape index (κ2) is 18.5. The topological polar surface area (TPSA) is 91.3 Å². The van der Waals surface area contributed by atoms with Crippen LogP contribution in [0, 0.1) is 5.92 Å². The maximum Gasteiger partial charge on any atom is 0.471 e. The Morgan fingerprint density at radius 2 is 1.38 bits per heavy atom. The molecule has 5 atom stereocenters. The van der Waals surface area contributed by atoms with Crippen LogP contribution in [0.15, 0.2) is 133 Å². The highest BCUT2D eigenvalue weighted by Crippen LogP contribution is 2.42. The van der Waals surface area contributed by atoms with E-state index >= 15 is 0 Å². The molecule has 0 unspecified atom stereocenters. The molecule has 2 heterocycles. The van der Waals surface area contributed by atoms with Gasteiger partial charge in [0.15, 0.2) is 6.29 Å². The molecule has 58 heavy (non-hydrogen) atoms. The summed E-state index contributed by atoms with van der Waals surface area (Å²) in [7, 11) is 0. The summed E-state index contributed by atoms with van der Waals surface area (Å²) < 4.78 is 52.9. The van der Waals surface area contributed by atoms with Crippen LogP contribution in [0.1, 0.15) is 65.5 Å². The Labute approximate surface area is 337 Å². The highest BCUT2D eigenvalue weighted by atomic mass is 19.4. The monoisotopic (exact) mass is 791 g/mol. The first-order chi connectivity index (χ1) is 28.1. The molecule has 2 aliphatic rings. The summed E-state index contributed by atoms with van der Waals surface area (Å²) in [5, 5.41) is 12.4. The molecular weight excluding hydrogens is 744 g/mol. The third-order valence-electron chi connectivity index (χ3n) is 11.0. The Kier molecular flexibility index (Phi) is 13.0. The summed E-state index contributed by atoms with van der Waals surface area (Å²) >= 11 is 0. The van der Waals surface area contributed by atoms with Gasteiger partial charge in [0.25, 0.3) is 0 Å². The van der Waals surface area contributed by atoms with E-state index in [0.29, 0.717) is 17.9 Å². The molecule has 2 N–H and O–H groups in total. The predicted molar refractivity (Wildman–Crippen MR) is 214 cm³/mol. The lowest BCUT2D eigenvalue weighted by Crippen LogP contribution is -2.50. The molecule has 7 rings (SSSR count). The first-order valence-corrected chi connectivity index (χ1v) is 19.7. The number of nitrogens with one attached hydrogen (secondary N) is 1. The standard InChI is InChI=1S/C47H48F3N3O5/c1-32-42(30-52(28-33-10-4-2-5-11-33)29-34-12-6-3-7-13-34)57-45(58-43(32)38-19-17-35(31-54)18-20-38)39-23-21-37(22-24-39)40-15-8-14-36(26-40)27-51-44(55)41-16-9-25-53(41)46(56)47(48,49)50/h2-8,10-15,17-24,26,32,41-43,45,54H,9,16,25,27-31H2,1H3,(H,51,55)/t32-,41+,42+,43+,45+/m1/s1. The number of benzene rings is 5. The molecule has 2 amide bonds. The highest BCUT2D eigenvalue weighted by Gasteiger charge is 2.47. The van der Waals surface area contributed by atoms with Gasteiger partial charge in [-0.2, -0.15) is 13.2 Å². The smallest absolute Gasteiger partial charge is 0.392 e. The molecular formula is C47H48F3N3O5. The zero-order valence-electron chi connectivity index (χ0n) is 32.4. The second-order valence-corrected chi connectivity index (χ2v) is 15.2. The van der Waals surface area contributed by atoms with E-state index in [1.54, 1.807) is 0 Å². The van der Waals surface area contributed by atoms with E-state index in [9.17, 15) is 27.9 Å². The largest absolute Gasteiger partial charge is 0.471 e. The minimum atomic E-state index is -5.02. The van der Waals surface area contributed by atoms with Gasteiger partial charge in [-0.15, -0.1) is 0 Å². The molecule has 0 bridgehead atoms. The number of halogens is 3. The van der Waals surface area contributed by atoms with Crippen LogP contribution in [0.25, 0.3) is 11.1 Å². The van der Waals surface area contributed by atoms with Gasteiger partial charge in [0.05, 0.1) is 18.8 Å². The van der Waals surface area contributed by atoms with Crippen molar-refractivity contribution in [3.05, 3.63) is 167 Å². The van der Waals surface area contributed by atoms with Gasteiger partial charge in [-0.1, -0.05) is 134 Å².